The van der Waals surface area contributed by atoms with Gasteiger partial charge < -0.3 is 9.94 Å². The van der Waals surface area contributed by atoms with Crippen molar-refractivity contribution < 1.29 is 23.8 Å². The Morgan fingerprint density at radius 3 is 2.64 bits per heavy atom. The number of hydrogen-bond acceptors (Lipinski definition) is 7. The van der Waals surface area contributed by atoms with E-state index in [1.54, 1.807) is 12.1 Å². The lowest BCUT2D eigenvalue weighted by molar-refractivity contribution is -0.144. The molecule has 3 aromatic rings. The van der Waals surface area contributed by atoms with Gasteiger partial charge in [0.25, 0.3) is 0 Å². The summed E-state index contributed by atoms with van der Waals surface area (Å²) in [5, 5.41) is 20.0. The average molecular weight is 448 g/mol. The van der Waals surface area contributed by atoms with Crippen LogP contribution in [0, 0.1) is 5.82 Å². The predicted molar refractivity (Wildman–Crippen MR) is 100 cm³/mol. The third-order valence-electron chi connectivity index (χ3n) is 3.86. The first-order valence-electron chi connectivity index (χ1n) is 8.23. The molecule has 144 valence electrons. The van der Waals surface area contributed by atoms with Crippen LogP contribution >= 0.6 is 15.9 Å². The van der Waals surface area contributed by atoms with Crippen molar-refractivity contribution in [3.63, 3.8) is 0 Å². The minimum atomic E-state index is -0.525. The molecule has 7 nitrogen and oxygen atoms in total. The van der Waals surface area contributed by atoms with Crippen LogP contribution in [-0.2, 0) is 29.0 Å². The van der Waals surface area contributed by atoms with Crippen LogP contribution in [0.25, 0.3) is 0 Å². The summed E-state index contributed by atoms with van der Waals surface area (Å²) in [5.74, 6) is -0.932. The maximum absolute atomic E-state index is 13.4. The molecule has 0 spiro atoms. The highest BCUT2D eigenvalue weighted by molar-refractivity contribution is 9.10. The number of aromatic nitrogens is 2. The van der Waals surface area contributed by atoms with Gasteiger partial charge in [-0.3, -0.25) is 4.79 Å². The third-order valence-corrected chi connectivity index (χ3v) is 4.47. The highest BCUT2D eigenvalue weighted by Crippen LogP contribution is 2.19. The standard InChI is InChI=1S/C19H15BrFN3O4/c20-14-8-13(6-7-15(14)21)9-16(22-26)19-17(23-28-24-19)10-18(25)27-11-12-4-2-1-3-5-12/h1-8,26H,9-11H2. The van der Waals surface area contributed by atoms with Gasteiger partial charge in [-0.2, -0.15) is 0 Å². The molecule has 9 heteroatoms. The van der Waals surface area contributed by atoms with Gasteiger partial charge >= 0.3 is 5.97 Å². The maximum Gasteiger partial charge on any atom is 0.312 e. The number of halogens is 2. The fourth-order valence-electron chi connectivity index (χ4n) is 2.48. The van der Waals surface area contributed by atoms with Crippen LogP contribution in [0.15, 0.2) is 62.8 Å². The van der Waals surface area contributed by atoms with Crippen molar-refractivity contribution in [3.05, 3.63) is 81.3 Å². The highest BCUT2D eigenvalue weighted by Gasteiger charge is 2.21. The summed E-state index contributed by atoms with van der Waals surface area (Å²) < 4.78 is 23.6. The molecule has 1 heterocycles. The van der Waals surface area contributed by atoms with E-state index in [9.17, 15) is 14.4 Å². The van der Waals surface area contributed by atoms with Gasteiger partial charge in [0.2, 0.25) is 0 Å². The quantitative estimate of drug-likeness (QED) is 0.256. The van der Waals surface area contributed by atoms with E-state index >= 15 is 0 Å². The number of nitrogens with zero attached hydrogens (tertiary/aromatic N) is 3. The lowest BCUT2D eigenvalue weighted by Gasteiger charge is -2.06. The van der Waals surface area contributed by atoms with Crippen molar-refractivity contribution in [2.45, 2.75) is 19.4 Å². The summed E-state index contributed by atoms with van der Waals surface area (Å²) in [4.78, 5) is 12.1. The highest BCUT2D eigenvalue weighted by atomic mass is 79.9. The van der Waals surface area contributed by atoms with Crippen molar-refractivity contribution in [1.82, 2.24) is 10.3 Å². The number of rotatable bonds is 7. The van der Waals surface area contributed by atoms with Gasteiger partial charge in [0.05, 0.1) is 10.9 Å². The Bertz CT molecular complexity index is 992. The molecule has 28 heavy (non-hydrogen) atoms. The van der Waals surface area contributed by atoms with Gasteiger partial charge in [-0.25, -0.2) is 9.02 Å². The van der Waals surface area contributed by atoms with E-state index in [-0.39, 0.29) is 41.0 Å². The molecular weight excluding hydrogens is 433 g/mol. The summed E-state index contributed by atoms with van der Waals surface area (Å²) in [6.07, 6.45) is -0.0620. The molecule has 0 amide bonds. The van der Waals surface area contributed by atoms with Crippen LogP contribution < -0.4 is 0 Å². The zero-order valence-corrected chi connectivity index (χ0v) is 16.1. The molecule has 0 aliphatic carbocycles. The average Bonchev–Trinajstić information content (AvgIpc) is 3.16. The summed E-state index contributed by atoms with van der Waals surface area (Å²) >= 11 is 3.11. The first-order chi connectivity index (χ1) is 13.6. The second-order valence-corrected chi connectivity index (χ2v) is 6.71. The molecule has 0 saturated heterocycles. The van der Waals surface area contributed by atoms with Gasteiger partial charge in [0.1, 0.15) is 23.8 Å². The van der Waals surface area contributed by atoms with E-state index in [1.165, 1.54) is 6.07 Å². The van der Waals surface area contributed by atoms with Gasteiger partial charge in [0, 0.05) is 6.42 Å². The second-order valence-electron chi connectivity index (χ2n) is 5.85. The first-order valence-corrected chi connectivity index (χ1v) is 9.02. The number of esters is 1. The molecule has 0 aliphatic rings. The summed E-state index contributed by atoms with van der Waals surface area (Å²) in [6.45, 7) is 0.130. The smallest absolute Gasteiger partial charge is 0.312 e. The van der Waals surface area contributed by atoms with Crippen LogP contribution in [0.5, 0.6) is 0 Å². The number of oxime groups is 1. The lowest BCUT2D eigenvalue weighted by atomic mass is 10.0. The molecule has 0 fully saturated rings. The van der Waals surface area contributed by atoms with Gasteiger partial charge in [-0.1, -0.05) is 46.7 Å². The number of benzene rings is 2. The summed E-state index contributed by atoms with van der Waals surface area (Å²) in [5.41, 5.74) is 1.98. The monoisotopic (exact) mass is 447 g/mol. The number of carbonyl (C=O) groups is 1. The van der Waals surface area contributed by atoms with E-state index in [4.69, 9.17) is 9.37 Å². The Morgan fingerprint density at radius 1 is 1.14 bits per heavy atom. The number of carbonyl (C=O) groups excluding carboxylic acids is 1. The Kier molecular flexibility index (Phi) is 6.49. The molecule has 0 bridgehead atoms. The van der Waals surface area contributed by atoms with E-state index in [0.29, 0.717) is 5.56 Å². The Labute approximate surface area is 167 Å². The number of ether oxygens (including phenoxy) is 1. The fourth-order valence-corrected chi connectivity index (χ4v) is 2.90. The van der Waals surface area contributed by atoms with Crippen molar-refractivity contribution in [3.8, 4) is 0 Å². The second kappa shape index (κ2) is 9.23. The molecule has 1 aromatic heterocycles. The Morgan fingerprint density at radius 2 is 1.93 bits per heavy atom. The van der Waals surface area contributed by atoms with Crippen molar-refractivity contribution in [2.24, 2.45) is 5.16 Å². The van der Waals surface area contributed by atoms with E-state index in [1.807, 2.05) is 30.3 Å². The molecule has 0 saturated carbocycles. The van der Waals surface area contributed by atoms with Crippen molar-refractivity contribution in [1.29, 1.82) is 0 Å². The van der Waals surface area contributed by atoms with Gasteiger partial charge in [0.15, 0.2) is 5.69 Å². The van der Waals surface area contributed by atoms with E-state index < -0.39 is 11.8 Å². The minimum Gasteiger partial charge on any atom is -0.461 e. The minimum absolute atomic E-state index is 0.130. The summed E-state index contributed by atoms with van der Waals surface area (Å²) in [7, 11) is 0. The van der Waals surface area contributed by atoms with Crippen LogP contribution in [0.1, 0.15) is 22.5 Å². The van der Waals surface area contributed by atoms with E-state index in [2.05, 4.69) is 31.4 Å². The molecule has 1 N–H and O–H groups in total. The zero-order valence-electron chi connectivity index (χ0n) is 14.5. The third kappa shape index (κ3) is 5.01. The number of hydrogen-bond donors (Lipinski definition) is 1. The van der Waals surface area contributed by atoms with Crippen molar-refractivity contribution in [2.75, 3.05) is 0 Å². The molecule has 0 atom stereocenters. The van der Waals surface area contributed by atoms with Crippen molar-refractivity contribution >= 4 is 27.6 Å². The molecule has 2 aromatic carbocycles. The van der Waals surface area contributed by atoms with Crippen LogP contribution in [0.3, 0.4) is 0 Å². The van der Waals surface area contributed by atoms with Crippen LogP contribution in [0.2, 0.25) is 0 Å². The predicted octanol–water partition coefficient (Wildman–Crippen LogP) is 3.68. The molecule has 0 unspecified atom stereocenters. The molecule has 0 radical (unpaired) electrons. The fraction of sp³-hybridized carbons (Fsp3) is 0.158. The molecular formula is C19H15BrFN3O4. The Balaban J connectivity index is 1.67. The Hall–Kier alpha value is -3.07. The normalized spacial score (nSPS) is 11.4. The van der Waals surface area contributed by atoms with Crippen LogP contribution in [-0.4, -0.2) is 27.2 Å². The SMILES string of the molecule is O=C(Cc1nonc1C(Cc1ccc(F)c(Br)c1)=NO)OCc1ccccc1. The van der Waals surface area contributed by atoms with Gasteiger partial charge in [-0.05, 0) is 44.3 Å². The topological polar surface area (TPSA) is 97.8 Å². The zero-order chi connectivity index (χ0) is 19.9. The maximum atomic E-state index is 13.4. The lowest BCUT2D eigenvalue weighted by Crippen LogP contribution is -2.14. The first kappa shape index (κ1) is 19.7. The largest absolute Gasteiger partial charge is 0.461 e. The summed E-state index contributed by atoms with van der Waals surface area (Å²) in [6, 6.07) is 13.6. The van der Waals surface area contributed by atoms with E-state index in [0.717, 1.165) is 5.56 Å². The molecule has 3 rings (SSSR count). The molecule has 0 aliphatic heterocycles. The van der Waals surface area contributed by atoms with Crippen LogP contribution in [0.4, 0.5) is 4.39 Å². The van der Waals surface area contributed by atoms with Gasteiger partial charge in [-0.15, -0.1) is 0 Å².